The molecule has 3 unspecified atom stereocenters. The van der Waals surface area contributed by atoms with Crippen molar-refractivity contribution in [3.05, 3.63) is 125 Å². The third-order valence-electron chi connectivity index (χ3n) is 8.24. The van der Waals surface area contributed by atoms with Gasteiger partial charge < -0.3 is 25.0 Å². The van der Waals surface area contributed by atoms with E-state index in [-0.39, 0.29) is 37.6 Å². The predicted octanol–water partition coefficient (Wildman–Crippen LogP) is 6.03. The van der Waals surface area contributed by atoms with Gasteiger partial charge in [-0.15, -0.1) is 5.10 Å². The van der Waals surface area contributed by atoms with Gasteiger partial charge in [0.25, 0.3) is 0 Å². The summed E-state index contributed by atoms with van der Waals surface area (Å²) < 4.78 is 14.8. The molecule has 1 aliphatic heterocycles. The number of nitrogens with one attached hydrogen (secondary N) is 1. The van der Waals surface area contributed by atoms with Gasteiger partial charge in [0, 0.05) is 37.1 Å². The minimum atomic E-state index is -0.908. The Balaban J connectivity index is 1.17. The molecule has 11 nitrogen and oxygen atoms in total. The fraction of sp³-hybridized carbons (Fsp3) is 0.270. The Kier molecular flexibility index (Phi) is 11.4. The van der Waals surface area contributed by atoms with Crippen LogP contribution in [0, 0.1) is 0 Å². The lowest BCUT2D eigenvalue weighted by atomic mass is 9.97. The van der Waals surface area contributed by atoms with E-state index in [9.17, 15) is 14.7 Å². The van der Waals surface area contributed by atoms with Crippen molar-refractivity contribution >= 4 is 23.6 Å². The molecule has 5 aromatic rings. The fourth-order valence-electron chi connectivity index (χ4n) is 5.65. The molecule has 3 atom stereocenters. The first-order valence-corrected chi connectivity index (χ1v) is 17.1. The molecule has 0 bridgehead atoms. The van der Waals surface area contributed by atoms with Crippen molar-refractivity contribution < 1.29 is 29.3 Å². The first-order chi connectivity index (χ1) is 24.0. The quantitative estimate of drug-likeness (QED) is 0.119. The Morgan fingerprint density at radius 1 is 0.878 bits per heavy atom. The number of carboxylic acids is 1. The van der Waals surface area contributed by atoms with Crippen LogP contribution in [0.3, 0.4) is 0 Å². The predicted molar refractivity (Wildman–Crippen MR) is 184 cm³/mol. The minimum Gasteiger partial charge on any atom is -0.481 e. The number of aliphatic hydroxyl groups is 1. The molecule has 1 fully saturated rings. The second-order valence-electron chi connectivity index (χ2n) is 11.7. The van der Waals surface area contributed by atoms with E-state index in [1.807, 2.05) is 103 Å². The van der Waals surface area contributed by atoms with Crippen molar-refractivity contribution in [1.82, 2.24) is 25.5 Å². The number of amides is 1. The highest BCUT2D eigenvalue weighted by Crippen LogP contribution is 2.40. The molecule has 1 saturated heterocycles. The molecule has 6 rings (SSSR count). The number of benzene rings is 4. The highest BCUT2D eigenvalue weighted by molar-refractivity contribution is 7.99. The second kappa shape index (κ2) is 16.5. The number of aromatic nitrogens is 4. The lowest BCUT2D eigenvalue weighted by molar-refractivity contribution is -0.245. The smallest absolute Gasteiger partial charge is 0.303 e. The van der Waals surface area contributed by atoms with E-state index >= 15 is 0 Å². The molecular formula is C37H37N5O6S. The number of carboxylic acid groups (broad SMARTS) is 1. The van der Waals surface area contributed by atoms with Crippen LogP contribution in [-0.4, -0.2) is 54.2 Å². The normalized spacial score (nSPS) is 17.4. The van der Waals surface area contributed by atoms with Crippen LogP contribution in [0.25, 0.3) is 16.8 Å². The highest BCUT2D eigenvalue weighted by atomic mass is 32.2. The van der Waals surface area contributed by atoms with Gasteiger partial charge in [0.05, 0.1) is 24.5 Å². The second-order valence-corrected chi connectivity index (χ2v) is 12.7. The van der Waals surface area contributed by atoms with Crippen LogP contribution < -0.4 is 5.32 Å². The number of hydrogen-bond acceptors (Lipinski definition) is 9. The lowest BCUT2D eigenvalue weighted by Crippen LogP contribution is -2.31. The van der Waals surface area contributed by atoms with Gasteiger partial charge in [0.15, 0.2) is 6.29 Å². The maximum atomic E-state index is 12.3. The van der Waals surface area contributed by atoms with Crippen molar-refractivity contribution in [1.29, 1.82) is 0 Å². The maximum absolute atomic E-state index is 12.3. The molecule has 2 heterocycles. The SMILES string of the molecule is O=C(O)CCCC(=O)NCc1ccccc1-c1ccc(C2OC(CSc3nnnn3-c3ccccc3)CC(c3ccc(CO)cc3)O2)cc1. The Labute approximate surface area is 288 Å². The largest absolute Gasteiger partial charge is 0.481 e. The molecule has 0 radical (unpaired) electrons. The van der Waals surface area contributed by atoms with E-state index in [4.69, 9.17) is 14.6 Å². The Morgan fingerprint density at radius 3 is 2.37 bits per heavy atom. The molecule has 4 aromatic carbocycles. The molecule has 0 spiro atoms. The summed E-state index contributed by atoms with van der Waals surface area (Å²) in [7, 11) is 0. The zero-order chi connectivity index (χ0) is 34.0. The number of aliphatic hydroxyl groups excluding tert-OH is 1. The summed E-state index contributed by atoms with van der Waals surface area (Å²) in [5.41, 5.74) is 6.50. The number of hydrogen-bond donors (Lipinski definition) is 3. The van der Waals surface area contributed by atoms with Gasteiger partial charge >= 0.3 is 5.97 Å². The summed E-state index contributed by atoms with van der Waals surface area (Å²) in [6.45, 7) is 0.309. The van der Waals surface area contributed by atoms with E-state index in [1.165, 1.54) is 11.8 Å². The number of carbonyl (C=O) groups is 2. The zero-order valence-electron chi connectivity index (χ0n) is 26.7. The van der Waals surface area contributed by atoms with Crippen LogP contribution in [0.5, 0.6) is 0 Å². The van der Waals surface area contributed by atoms with Gasteiger partial charge in [-0.2, -0.15) is 4.68 Å². The average molecular weight is 680 g/mol. The molecule has 1 amide bonds. The molecule has 49 heavy (non-hydrogen) atoms. The Hall–Kier alpha value is -4.88. The number of rotatable bonds is 14. The number of ether oxygens (including phenoxy) is 2. The Morgan fingerprint density at radius 2 is 1.61 bits per heavy atom. The van der Waals surface area contributed by atoms with Crippen LogP contribution in [0.2, 0.25) is 0 Å². The monoisotopic (exact) mass is 679 g/mol. The molecular weight excluding hydrogens is 643 g/mol. The van der Waals surface area contributed by atoms with E-state index in [2.05, 4.69) is 20.8 Å². The first-order valence-electron chi connectivity index (χ1n) is 16.1. The van der Waals surface area contributed by atoms with Crippen LogP contribution in [0.1, 0.15) is 60.3 Å². The number of tetrazole rings is 1. The van der Waals surface area contributed by atoms with Gasteiger partial charge in [-0.3, -0.25) is 9.59 Å². The summed E-state index contributed by atoms with van der Waals surface area (Å²) in [5.74, 6) is -0.483. The van der Waals surface area contributed by atoms with Crippen molar-refractivity contribution in [3.8, 4) is 16.8 Å². The third kappa shape index (κ3) is 8.98. The van der Waals surface area contributed by atoms with Crippen LogP contribution in [0.4, 0.5) is 0 Å². The van der Waals surface area contributed by atoms with Crippen LogP contribution in [0.15, 0.2) is 108 Å². The van der Waals surface area contributed by atoms with E-state index in [0.717, 1.165) is 39.1 Å². The summed E-state index contributed by atoms with van der Waals surface area (Å²) >= 11 is 1.53. The molecule has 3 N–H and O–H groups in total. The van der Waals surface area contributed by atoms with E-state index < -0.39 is 12.3 Å². The van der Waals surface area contributed by atoms with Crippen molar-refractivity contribution in [2.24, 2.45) is 0 Å². The van der Waals surface area contributed by atoms with E-state index in [1.54, 1.807) is 4.68 Å². The standard InChI is InChI=1S/C37H37N5O6S/c43-23-25-13-15-27(16-14-25)33-21-31(24-49-37-39-40-41-42(37)30-8-2-1-3-9-30)47-36(48-33)28-19-17-26(18-20-28)32-10-5-4-7-29(32)22-38-34(44)11-6-12-35(45)46/h1-5,7-10,13-20,31,33,36,43H,6,11-12,21-24H2,(H,38,44)(H,45,46). The van der Waals surface area contributed by atoms with Gasteiger partial charge in [-0.1, -0.05) is 103 Å². The minimum absolute atomic E-state index is 0.0262. The third-order valence-corrected chi connectivity index (χ3v) is 9.29. The summed E-state index contributed by atoms with van der Waals surface area (Å²) in [6.07, 6.45) is 0.0321. The molecule has 252 valence electrons. The lowest BCUT2D eigenvalue weighted by Gasteiger charge is -2.36. The number of carbonyl (C=O) groups excluding carboxylic acids is 1. The topological polar surface area (TPSA) is 149 Å². The molecule has 1 aliphatic rings. The van der Waals surface area contributed by atoms with Crippen molar-refractivity contribution in [2.45, 2.75) is 62.5 Å². The Bertz CT molecular complexity index is 1830. The van der Waals surface area contributed by atoms with Gasteiger partial charge in [0.2, 0.25) is 11.1 Å². The molecule has 1 aromatic heterocycles. The summed E-state index contributed by atoms with van der Waals surface area (Å²) in [5, 5.41) is 34.3. The van der Waals surface area contributed by atoms with Gasteiger partial charge in [-0.05, 0) is 56.8 Å². The number of aliphatic carboxylic acids is 1. The van der Waals surface area contributed by atoms with Crippen molar-refractivity contribution in [2.75, 3.05) is 5.75 Å². The molecule has 0 aliphatic carbocycles. The molecule has 12 heteroatoms. The fourth-order valence-corrected chi connectivity index (χ4v) is 6.56. The zero-order valence-corrected chi connectivity index (χ0v) is 27.5. The summed E-state index contributed by atoms with van der Waals surface area (Å²) in [6, 6.07) is 33.4. The maximum Gasteiger partial charge on any atom is 0.303 e. The number of thioether (sulfide) groups is 1. The summed E-state index contributed by atoms with van der Waals surface area (Å²) in [4.78, 5) is 23.1. The van der Waals surface area contributed by atoms with Gasteiger partial charge in [0.1, 0.15) is 0 Å². The number of nitrogens with zero attached hydrogens (tertiary/aromatic N) is 4. The van der Waals surface area contributed by atoms with E-state index in [0.29, 0.717) is 30.3 Å². The molecule has 0 saturated carbocycles. The van der Waals surface area contributed by atoms with Crippen molar-refractivity contribution in [3.63, 3.8) is 0 Å². The van der Waals surface area contributed by atoms with Crippen LogP contribution >= 0.6 is 11.8 Å². The van der Waals surface area contributed by atoms with Crippen LogP contribution in [-0.2, 0) is 32.2 Å². The number of para-hydroxylation sites is 1. The van der Waals surface area contributed by atoms with Gasteiger partial charge in [-0.25, -0.2) is 0 Å². The average Bonchev–Trinajstić information content (AvgIpc) is 3.62. The first kappa shape index (κ1) is 34.0. The highest BCUT2D eigenvalue weighted by Gasteiger charge is 2.32.